The van der Waals surface area contributed by atoms with Gasteiger partial charge in [-0.25, -0.2) is 4.79 Å². The van der Waals surface area contributed by atoms with E-state index < -0.39 is 0 Å². The Balaban J connectivity index is 4.37. The SMILES string of the molecule is CCN(C(=O)N(C)C(C)C)C(C)C. The third kappa shape index (κ3) is 3.25. The van der Waals surface area contributed by atoms with Crippen molar-refractivity contribution in [2.75, 3.05) is 13.6 Å². The first-order valence-corrected chi connectivity index (χ1v) is 4.95. The lowest BCUT2D eigenvalue weighted by Gasteiger charge is -2.32. The van der Waals surface area contributed by atoms with Crippen LogP contribution in [0.15, 0.2) is 0 Å². The number of urea groups is 1. The van der Waals surface area contributed by atoms with Gasteiger partial charge in [0.15, 0.2) is 0 Å². The van der Waals surface area contributed by atoms with Gasteiger partial charge in [-0.1, -0.05) is 0 Å². The van der Waals surface area contributed by atoms with Crippen LogP contribution in [0.4, 0.5) is 4.79 Å². The van der Waals surface area contributed by atoms with Crippen molar-refractivity contribution < 1.29 is 4.79 Å². The lowest BCUT2D eigenvalue weighted by atomic mass is 10.3. The van der Waals surface area contributed by atoms with Crippen molar-refractivity contribution in [1.82, 2.24) is 9.80 Å². The van der Waals surface area contributed by atoms with E-state index >= 15 is 0 Å². The Morgan fingerprint density at radius 1 is 1.15 bits per heavy atom. The van der Waals surface area contributed by atoms with E-state index in [0.29, 0.717) is 0 Å². The first kappa shape index (κ1) is 12.3. The Kier molecular flexibility index (Phi) is 4.81. The molecule has 0 fully saturated rings. The van der Waals surface area contributed by atoms with Gasteiger partial charge in [0.25, 0.3) is 0 Å². The molecule has 0 spiro atoms. The van der Waals surface area contributed by atoms with Gasteiger partial charge in [0.1, 0.15) is 0 Å². The van der Waals surface area contributed by atoms with Gasteiger partial charge in [-0.2, -0.15) is 0 Å². The molecule has 13 heavy (non-hydrogen) atoms. The van der Waals surface area contributed by atoms with Gasteiger partial charge >= 0.3 is 6.03 Å². The summed E-state index contributed by atoms with van der Waals surface area (Å²) in [6, 6.07) is 0.659. The van der Waals surface area contributed by atoms with Crippen molar-refractivity contribution in [2.24, 2.45) is 0 Å². The van der Waals surface area contributed by atoms with Crippen LogP contribution < -0.4 is 0 Å². The van der Waals surface area contributed by atoms with E-state index in [4.69, 9.17) is 0 Å². The van der Waals surface area contributed by atoms with Crippen LogP contribution >= 0.6 is 0 Å². The van der Waals surface area contributed by atoms with Crippen LogP contribution in [-0.2, 0) is 0 Å². The minimum Gasteiger partial charge on any atom is -0.325 e. The standard InChI is InChI=1S/C10H22N2O/c1-7-12(9(4)5)10(13)11(6)8(2)3/h8-9H,7H2,1-6H3. The van der Waals surface area contributed by atoms with Crippen LogP contribution in [0, 0.1) is 0 Å². The summed E-state index contributed by atoms with van der Waals surface area (Å²) in [5.41, 5.74) is 0. The molecule has 0 saturated carbocycles. The van der Waals surface area contributed by atoms with Gasteiger partial charge in [0.05, 0.1) is 0 Å². The Morgan fingerprint density at radius 3 is 1.85 bits per heavy atom. The normalized spacial score (nSPS) is 10.8. The van der Waals surface area contributed by atoms with E-state index in [-0.39, 0.29) is 18.1 Å². The molecule has 0 aliphatic carbocycles. The molecular formula is C10H22N2O. The molecule has 0 aromatic heterocycles. The fourth-order valence-electron chi connectivity index (χ4n) is 1.14. The molecule has 0 rings (SSSR count). The van der Waals surface area contributed by atoms with Gasteiger partial charge in [0.2, 0.25) is 0 Å². The molecule has 3 heteroatoms. The maximum absolute atomic E-state index is 11.8. The maximum Gasteiger partial charge on any atom is 0.320 e. The van der Waals surface area contributed by atoms with Gasteiger partial charge in [-0.3, -0.25) is 0 Å². The maximum atomic E-state index is 11.8. The second-order valence-corrected chi connectivity index (χ2v) is 3.87. The number of nitrogens with zero attached hydrogens (tertiary/aromatic N) is 2. The van der Waals surface area contributed by atoms with Crippen LogP contribution in [0.25, 0.3) is 0 Å². The molecule has 0 saturated heterocycles. The molecule has 3 nitrogen and oxygen atoms in total. The molecular weight excluding hydrogens is 164 g/mol. The first-order chi connectivity index (χ1) is 5.91. The number of carbonyl (C=O) groups excluding carboxylic acids is 1. The molecule has 0 aromatic carbocycles. The predicted molar refractivity (Wildman–Crippen MR) is 55.8 cm³/mol. The second kappa shape index (κ2) is 5.10. The number of carbonyl (C=O) groups is 1. The zero-order valence-corrected chi connectivity index (χ0v) is 9.66. The number of amides is 2. The van der Waals surface area contributed by atoms with E-state index in [1.165, 1.54) is 0 Å². The highest BCUT2D eigenvalue weighted by molar-refractivity contribution is 5.74. The molecule has 0 aromatic rings. The molecule has 0 aliphatic heterocycles. The molecule has 0 aliphatic rings. The van der Waals surface area contributed by atoms with E-state index in [0.717, 1.165) is 6.54 Å². The highest BCUT2D eigenvalue weighted by atomic mass is 16.2. The summed E-state index contributed by atoms with van der Waals surface area (Å²) in [7, 11) is 1.85. The average Bonchev–Trinajstić information content (AvgIpc) is 2.03. The van der Waals surface area contributed by atoms with Crippen LogP contribution in [0.2, 0.25) is 0 Å². The van der Waals surface area contributed by atoms with E-state index in [1.54, 1.807) is 4.90 Å². The van der Waals surface area contributed by atoms with Crippen LogP contribution in [0.1, 0.15) is 34.6 Å². The van der Waals surface area contributed by atoms with Gasteiger partial charge in [-0.15, -0.1) is 0 Å². The minimum absolute atomic E-state index is 0.118. The summed E-state index contributed by atoms with van der Waals surface area (Å²) in [6.07, 6.45) is 0. The van der Waals surface area contributed by atoms with Crippen molar-refractivity contribution >= 4 is 6.03 Å². The quantitative estimate of drug-likeness (QED) is 0.662. The summed E-state index contributed by atoms with van der Waals surface area (Å²) >= 11 is 0. The van der Waals surface area contributed by atoms with Gasteiger partial charge < -0.3 is 9.80 Å². The summed E-state index contributed by atoms with van der Waals surface area (Å²) in [4.78, 5) is 15.4. The van der Waals surface area contributed by atoms with Crippen LogP contribution in [-0.4, -0.2) is 41.5 Å². The Labute approximate surface area is 81.7 Å². The molecule has 0 N–H and O–H groups in total. The fraction of sp³-hybridized carbons (Fsp3) is 0.900. The highest BCUT2D eigenvalue weighted by Crippen LogP contribution is 2.05. The Morgan fingerprint density at radius 2 is 1.62 bits per heavy atom. The molecule has 0 heterocycles. The molecule has 0 atom stereocenters. The smallest absolute Gasteiger partial charge is 0.320 e. The zero-order chi connectivity index (χ0) is 10.6. The average molecular weight is 186 g/mol. The lowest BCUT2D eigenvalue weighted by molar-refractivity contribution is 0.142. The number of rotatable bonds is 3. The van der Waals surface area contributed by atoms with E-state index in [9.17, 15) is 4.79 Å². The summed E-state index contributed by atoms with van der Waals surface area (Å²) in [5.74, 6) is 0. The van der Waals surface area contributed by atoms with E-state index in [1.807, 2.05) is 46.6 Å². The molecule has 0 unspecified atom stereocenters. The lowest BCUT2D eigenvalue weighted by Crippen LogP contribution is -2.47. The number of hydrogen-bond acceptors (Lipinski definition) is 1. The predicted octanol–water partition coefficient (Wildman–Crippen LogP) is 2.18. The second-order valence-electron chi connectivity index (χ2n) is 3.87. The van der Waals surface area contributed by atoms with Crippen molar-refractivity contribution in [2.45, 2.75) is 46.7 Å². The Bertz CT molecular complexity index is 166. The van der Waals surface area contributed by atoms with Crippen molar-refractivity contribution in [3.8, 4) is 0 Å². The molecule has 2 amide bonds. The zero-order valence-electron chi connectivity index (χ0n) is 9.66. The van der Waals surface area contributed by atoms with Crippen molar-refractivity contribution in [3.05, 3.63) is 0 Å². The molecule has 78 valence electrons. The fourth-order valence-corrected chi connectivity index (χ4v) is 1.14. The summed E-state index contributed by atoms with van der Waals surface area (Å²) < 4.78 is 0. The van der Waals surface area contributed by atoms with E-state index in [2.05, 4.69) is 0 Å². The monoisotopic (exact) mass is 186 g/mol. The van der Waals surface area contributed by atoms with Crippen LogP contribution in [0.5, 0.6) is 0 Å². The minimum atomic E-state index is 0.118. The topological polar surface area (TPSA) is 23.6 Å². The Hall–Kier alpha value is -0.730. The van der Waals surface area contributed by atoms with Crippen LogP contribution in [0.3, 0.4) is 0 Å². The highest BCUT2D eigenvalue weighted by Gasteiger charge is 2.20. The van der Waals surface area contributed by atoms with Gasteiger partial charge in [0, 0.05) is 25.7 Å². The summed E-state index contributed by atoms with van der Waals surface area (Å²) in [6.45, 7) is 10.9. The van der Waals surface area contributed by atoms with Crippen molar-refractivity contribution in [3.63, 3.8) is 0 Å². The largest absolute Gasteiger partial charge is 0.325 e. The third-order valence-corrected chi connectivity index (χ3v) is 2.29. The van der Waals surface area contributed by atoms with Gasteiger partial charge in [-0.05, 0) is 34.6 Å². The van der Waals surface area contributed by atoms with Crippen molar-refractivity contribution in [1.29, 1.82) is 0 Å². The third-order valence-electron chi connectivity index (χ3n) is 2.29. The first-order valence-electron chi connectivity index (χ1n) is 4.95. The number of hydrogen-bond donors (Lipinski definition) is 0. The molecule has 0 bridgehead atoms. The molecule has 0 radical (unpaired) electrons. The summed E-state index contributed by atoms with van der Waals surface area (Å²) in [5, 5.41) is 0.